The predicted octanol–water partition coefficient (Wildman–Crippen LogP) is 2.15. The van der Waals surface area contributed by atoms with Gasteiger partial charge in [0, 0.05) is 6.04 Å². The molecule has 0 saturated carbocycles. The minimum atomic E-state index is -0.172. The zero-order valence-electron chi connectivity index (χ0n) is 6.76. The topological polar surface area (TPSA) is 26.0 Å². The van der Waals surface area contributed by atoms with Crippen molar-refractivity contribution >= 4 is 0 Å². The van der Waals surface area contributed by atoms with Crippen LogP contribution in [0.4, 0.5) is 4.39 Å². The van der Waals surface area contributed by atoms with Gasteiger partial charge in [-0.25, -0.2) is 4.39 Å². The van der Waals surface area contributed by atoms with Crippen LogP contribution in [0.3, 0.4) is 0 Å². The SMILES string of the molecule is Cc1cc(C(C)N)ccc1F. The van der Waals surface area contributed by atoms with Gasteiger partial charge in [-0.2, -0.15) is 0 Å². The zero-order chi connectivity index (χ0) is 8.43. The molecule has 2 heteroatoms. The van der Waals surface area contributed by atoms with Crippen molar-refractivity contribution in [1.82, 2.24) is 0 Å². The molecule has 1 aromatic carbocycles. The number of hydrogen-bond donors (Lipinski definition) is 1. The van der Waals surface area contributed by atoms with Crippen molar-refractivity contribution in [2.75, 3.05) is 0 Å². The average molecular weight is 153 g/mol. The van der Waals surface area contributed by atoms with Gasteiger partial charge in [0.2, 0.25) is 0 Å². The van der Waals surface area contributed by atoms with E-state index in [1.165, 1.54) is 6.07 Å². The van der Waals surface area contributed by atoms with Crippen LogP contribution >= 0.6 is 0 Å². The predicted molar refractivity (Wildman–Crippen MR) is 43.7 cm³/mol. The molecule has 2 N–H and O–H groups in total. The number of benzene rings is 1. The Morgan fingerprint density at radius 1 is 1.45 bits per heavy atom. The molecule has 0 heterocycles. The average Bonchev–Trinajstić information content (AvgIpc) is 1.94. The molecule has 0 amide bonds. The minimum Gasteiger partial charge on any atom is -0.324 e. The lowest BCUT2D eigenvalue weighted by Crippen LogP contribution is -2.05. The molecule has 0 aliphatic heterocycles. The Balaban J connectivity index is 3.05. The Morgan fingerprint density at radius 2 is 2.09 bits per heavy atom. The Bertz CT molecular complexity index is 256. The van der Waals surface area contributed by atoms with Gasteiger partial charge in [-0.05, 0) is 31.0 Å². The van der Waals surface area contributed by atoms with Gasteiger partial charge in [-0.3, -0.25) is 0 Å². The van der Waals surface area contributed by atoms with Gasteiger partial charge in [-0.15, -0.1) is 0 Å². The summed E-state index contributed by atoms with van der Waals surface area (Å²) in [6.07, 6.45) is 0. The van der Waals surface area contributed by atoms with Crippen LogP contribution in [0.15, 0.2) is 18.2 Å². The fraction of sp³-hybridized carbons (Fsp3) is 0.333. The molecule has 0 fully saturated rings. The van der Waals surface area contributed by atoms with E-state index < -0.39 is 0 Å². The Kier molecular flexibility index (Phi) is 2.25. The second-order valence-electron chi connectivity index (χ2n) is 2.80. The summed E-state index contributed by atoms with van der Waals surface area (Å²) in [4.78, 5) is 0. The van der Waals surface area contributed by atoms with Gasteiger partial charge < -0.3 is 5.73 Å². The summed E-state index contributed by atoms with van der Waals surface area (Å²) in [5, 5.41) is 0. The van der Waals surface area contributed by atoms with Gasteiger partial charge in [0.15, 0.2) is 0 Å². The highest BCUT2D eigenvalue weighted by Crippen LogP contribution is 2.13. The molecular formula is C9H12FN. The van der Waals surface area contributed by atoms with E-state index in [2.05, 4.69) is 0 Å². The van der Waals surface area contributed by atoms with E-state index in [9.17, 15) is 4.39 Å². The van der Waals surface area contributed by atoms with E-state index >= 15 is 0 Å². The second-order valence-corrected chi connectivity index (χ2v) is 2.80. The molecule has 0 aliphatic rings. The molecule has 1 atom stereocenters. The van der Waals surface area contributed by atoms with Crippen LogP contribution in [0.2, 0.25) is 0 Å². The first-order valence-corrected chi connectivity index (χ1v) is 3.63. The van der Waals surface area contributed by atoms with E-state index in [0.29, 0.717) is 5.56 Å². The smallest absolute Gasteiger partial charge is 0.126 e. The van der Waals surface area contributed by atoms with Crippen LogP contribution in [0.1, 0.15) is 24.1 Å². The van der Waals surface area contributed by atoms with Crippen molar-refractivity contribution in [2.24, 2.45) is 5.73 Å². The number of aryl methyl sites for hydroxylation is 1. The van der Waals surface area contributed by atoms with E-state index in [4.69, 9.17) is 5.73 Å². The van der Waals surface area contributed by atoms with Crippen molar-refractivity contribution in [3.8, 4) is 0 Å². The maximum Gasteiger partial charge on any atom is 0.126 e. The number of halogens is 1. The molecule has 0 radical (unpaired) electrons. The van der Waals surface area contributed by atoms with Crippen molar-refractivity contribution in [2.45, 2.75) is 19.9 Å². The quantitative estimate of drug-likeness (QED) is 0.657. The van der Waals surface area contributed by atoms with Crippen LogP contribution in [0.25, 0.3) is 0 Å². The summed E-state index contributed by atoms with van der Waals surface area (Å²) in [5.74, 6) is -0.172. The molecule has 11 heavy (non-hydrogen) atoms. The highest BCUT2D eigenvalue weighted by molar-refractivity contribution is 5.25. The highest BCUT2D eigenvalue weighted by Gasteiger charge is 2.01. The van der Waals surface area contributed by atoms with Crippen LogP contribution in [0, 0.1) is 12.7 Å². The molecule has 0 saturated heterocycles. The summed E-state index contributed by atoms with van der Waals surface area (Å²) < 4.78 is 12.7. The Hall–Kier alpha value is -0.890. The Labute approximate surface area is 66.0 Å². The zero-order valence-corrected chi connectivity index (χ0v) is 6.76. The minimum absolute atomic E-state index is 0.0192. The van der Waals surface area contributed by atoms with Crippen LogP contribution < -0.4 is 5.73 Å². The third-order valence-electron chi connectivity index (χ3n) is 1.71. The second kappa shape index (κ2) is 3.01. The van der Waals surface area contributed by atoms with Gasteiger partial charge in [0.1, 0.15) is 5.82 Å². The lowest BCUT2D eigenvalue weighted by Gasteiger charge is -2.05. The van der Waals surface area contributed by atoms with E-state index in [0.717, 1.165) is 5.56 Å². The van der Waals surface area contributed by atoms with E-state index in [1.54, 1.807) is 19.1 Å². The summed E-state index contributed by atoms with van der Waals surface area (Å²) in [5.41, 5.74) is 7.24. The molecular weight excluding hydrogens is 141 g/mol. The molecule has 60 valence electrons. The molecule has 0 spiro atoms. The number of hydrogen-bond acceptors (Lipinski definition) is 1. The molecule has 1 nitrogen and oxygen atoms in total. The third-order valence-corrected chi connectivity index (χ3v) is 1.71. The molecule has 0 aromatic heterocycles. The van der Waals surface area contributed by atoms with Crippen molar-refractivity contribution in [3.05, 3.63) is 35.1 Å². The van der Waals surface area contributed by atoms with Crippen molar-refractivity contribution < 1.29 is 4.39 Å². The van der Waals surface area contributed by atoms with Gasteiger partial charge in [0.25, 0.3) is 0 Å². The fourth-order valence-electron chi connectivity index (χ4n) is 0.951. The molecule has 1 unspecified atom stereocenters. The number of rotatable bonds is 1. The standard InChI is InChI=1S/C9H12FN/c1-6-5-8(7(2)11)3-4-9(6)10/h3-5,7H,11H2,1-2H3. The normalized spacial score (nSPS) is 13.1. The summed E-state index contributed by atoms with van der Waals surface area (Å²) in [6.45, 7) is 3.62. The largest absolute Gasteiger partial charge is 0.324 e. The summed E-state index contributed by atoms with van der Waals surface area (Å²) >= 11 is 0. The van der Waals surface area contributed by atoms with Gasteiger partial charge in [0.05, 0.1) is 0 Å². The molecule has 0 bridgehead atoms. The Morgan fingerprint density at radius 3 is 2.55 bits per heavy atom. The first-order valence-electron chi connectivity index (χ1n) is 3.63. The van der Waals surface area contributed by atoms with E-state index in [-0.39, 0.29) is 11.9 Å². The van der Waals surface area contributed by atoms with Crippen molar-refractivity contribution in [3.63, 3.8) is 0 Å². The third kappa shape index (κ3) is 1.77. The lowest BCUT2D eigenvalue weighted by atomic mass is 10.1. The summed E-state index contributed by atoms with van der Waals surface area (Å²) in [6, 6.07) is 4.93. The van der Waals surface area contributed by atoms with Crippen LogP contribution in [-0.2, 0) is 0 Å². The van der Waals surface area contributed by atoms with Crippen molar-refractivity contribution in [1.29, 1.82) is 0 Å². The highest BCUT2D eigenvalue weighted by atomic mass is 19.1. The monoisotopic (exact) mass is 153 g/mol. The van der Waals surface area contributed by atoms with Gasteiger partial charge in [-0.1, -0.05) is 12.1 Å². The molecule has 1 aromatic rings. The van der Waals surface area contributed by atoms with E-state index in [1.807, 2.05) is 6.92 Å². The first kappa shape index (κ1) is 8.21. The summed E-state index contributed by atoms with van der Waals surface area (Å²) in [7, 11) is 0. The maximum atomic E-state index is 12.7. The lowest BCUT2D eigenvalue weighted by molar-refractivity contribution is 0.616. The molecule has 1 rings (SSSR count). The van der Waals surface area contributed by atoms with Crippen LogP contribution in [-0.4, -0.2) is 0 Å². The molecule has 0 aliphatic carbocycles. The van der Waals surface area contributed by atoms with Gasteiger partial charge >= 0.3 is 0 Å². The van der Waals surface area contributed by atoms with Crippen LogP contribution in [0.5, 0.6) is 0 Å². The maximum absolute atomic E-state index is 12.7. The first-order chi connectivity index (χ1) is 5.11. The number of nitrogens with two attached hydrogens (primary N) is 1. The fourth-order valence-corrected chi connectivity index (χ4v) is 0.951.